The molecule has 2 aromatic heterocycles. The summed E-state index contributed by atoms with van der Waals surface area (Å²) < 4.78 is 5.02. The van der Waals surface area contributed by atoms with Crippen molar-refractivity contribution in [2.75, 3.05) is 6.61 Å². The molecule has 0 amide bonds. The van der Waals surface area contributed by atoms with Crippen LogP contribution >= 0.6 is 11.8 Å². The Kier molecular flexibility index (Phi) is 5.72. The molecule has 5 nitrogen and oxygen atoms in total. The van der Waals surface area contributed by atoms with E-state index >= 15 is 0 Å². The Balaban J connectivity index is 2.43. The van der Waals surface area contributed by atoms with Crippen molar-refractivity contribution >= 4 is 17.7 Å². The second-order valence-electron chi connectivity index (χ2n) is 4.85. The third-order valence-corrected chi connectivity index (χ3v) is 4.19. The Hall–Kier alpha value is -2.39. The molecule has 0 aromatic carbocycles. The van der Waals surface area contributed by atoms with E-state index in [9.17, 15) is 10.1 Å². The summed E-state index contributed by atoms with van der Waals surface area (Å²) in [6.07, 6.45) is 3.36. The van der Waals surface area contributed by atoms with E-state index in [-0.39, 0.29) is 5.97 Å². The van der Waals surface area contributed by atoms with Gasteiger partial charge < -0.3 is 4.74 Å². The number of hydrogen-bond acceptors (Lipinski definition) is 6. The van der Waals surface area contributed by atoms with Crippen molar-refractivity contribution in [3.8, 4) is 17.2 Å². The number of nitrogens with zero attached hydrogens (tertiary/aromatic N) is 3. The van der Waals surface area contributed by atoms with Crippen LogP contribution in [0.15, 0.2) is 35.6 Å². The molecular weight excluding hydrogens is 310 g/mol. The number of esters is 1. The van der Waals surface area contributed by atoms with Gasteiger partial charge in [-0.1, -0.05) is 11.8 Å². The number of rotatable bonds is 5. The van der Waals surface area contributed by atoms with Crippen molar-refractivity contribution in [1.29, 1.82) is 5.26 Å². The van der Waals surface area contributed by atoms with Gasteiger partial charge in [-0.05, 0) is 44.5 Å². The lowest BCUT2D eigenvalue weighted by atomic mass is 10.0. The molecule has 1 unspecified atom stereocenters. The highest BCUT2D eigenvalue weighted by Crippen LogP contribution is 2.32. The molecule has 0 fully saturated rings. The fourth-order valence-electron chi connectivity index (χ4n) is 2.07. The summed E-state index contributed by atoms with van der Waals surface area (Å²) in [5, 5.41) is 9.68. The molecule has 2 heterocycles. The molecule has 0 N–H and O–H groups in total. The zero-order valence-corrected chi connectivity index (χ0v) is 14.1. The molecule has 0 aliphatic rings. The first kappa shape index (κ1) is 17.0. The highest BCUT2D eigenvalue weighted by molar-refractivity contribution is 8.00. The maximum atomic E-state index is 11.8. The minimum Gasteiger partial charge on any atom is -0.465 e. The van der Waals surface area contributed by atoms with E-state index in [1.54, 1.807) is 26.2 Å². The summed E-state index contributed by atoms with van der Waals surface area (Å²) in [4.78, 5) is 20.3. The van der Waals surface area contributed by atoms with Crippen LogP contribution in [0.5, 0.6) is 0 Å². The van der Waals surface area contributed by atoms with E-state index in [1.165, 1.54) is 11.8 Å². The van der Waals surface area contributed by atoms with Crippen molar-refractivity contribution in [1.82, 2.24) is 9.97 Å². The Morgan fingerprint density at radius 1 is 1.43 bits per heavy atom. The van der Waals surface area contributed by atoms with Gasteiger partial charge in [0.2, 0.25) is 0 Å². The number of ether oxygens (including phenoxy) is 1. The summed E-state index contributed by atoms with van der Waals surface area (Å²) in [7, 11) is 0. The lowest BCUT2D eigenvalue weighted by Gasteiger charge is -2.13. The molecule has 1 atom stereocenters. The van der Waals surface area contributed by atoms with E-state index in [2.05, 4.69) is 16.0 Å². The maximum Gasteiger partial charge on any atom is 0.319 e. The van der Waals surface area contributed by atoms with Gasteiger partial charge in [-0.25, -0.2) is 4.98 Å². The summed E-state index contributed by atoms with van der Waals surface area (Å²) in [5.41, 5.74) is 2.94. The Morgan fingerprint density at radius 3 is 2.74 bits per heavy atom. The van der Waals surface area contributed by atoms with Gasteiger partial charge in [0.15, 0.2) is 0 Å². The number of aromatic nitrogens is 2. The Bertz CT molecular complexity index is 741. The smallest absolute Gasteiger partial charge is 0.319 e. The van der Waals surface area contributed by atoms with E-state index in [1.807, 2.05) is 25.1 Å². The highest BCUT2D eigenvalue weighted by Gasteiger charge is 2.21. The van der Waals surface area contributed by atoms with Crippen LogP contribution in [-0.4, -0.2) is 27.8 Å². The standard InChI is InChI=1S/C17H17N3O2S/c1-4-22-17(21)12(3)23-16-15(10-18)14(9-11(2)20-16)13-5-7-19-8-6-13/h5-9,12H,4H2,1-3H3. The van der Waals surface area contributed by atoms with Gasteiger partial charge >= 0.3 is 5.97 Å². The predicted octanol–water partition coefficient (Wildman–Crippen LogP) is 3.37. The number of carbonyl (C=O) groups is 1. The van der Waals surface area contributed by atoms with Crippen molar-refractivity contribution in [3.63, 3.8) is 0 Å². The van der Waals surface area contributed by atoms with Crippen molar-refractivity contribution < 1.29 is 9.53 Å². The van der Waals surface area contributed by atoms with Gasteiger partial charge in [-0.15, -0.1) is 0 Å². The number of carbonyl (C=O) groups excluding carboxylic acids is 1. The second-order valence-corrected chi connectivity index (χ2v) is 6.18. The van der Waals surface area contributed by atoms with Gasteiger partial charge in [0.05, 0.1) is 12.2 Å². The van der Waals surface area contributed by atoms with E-state index < -0.39 is 5.25 Å². The van der Waals surface area contributed by atoms with Crippen molar-refractivity contribution in [2.45, 2.75) is 31.0 Å². The monoisotopic (exact) mass is 327 g/mol. The fourth-order valence-corrected chi connectivity index (χ4v) is 3.04. The fraction of sp³-hybridized carbons (Fsp3) is 0.294. The number of thioether (sulfide) groups is 1. The molecule has 0 aliphatic carbocycles. The molecule has 0 saturated heterocycles. The number of hydrogen-bond donors (Lipinski definition) is 0. The molecule has 2 rings (SSSR count). The average molecular weight is 327 g/mol. The lowest BCUT2D eigenvalue weighted by Crippen LogP contribution is -2.17. The van der Waals surface area contributed by atoms with Gasteiger partial charge in [-0.2, -0.15) is 5.26 Å². The average Bonchev–Trinajstić information content (AvgIpc) is 2.55. The topological polar surface area (TPSA) is 75.9 Å². The summed E-state index contributed by atoms with van der Waals surface area (Å²) in [5.74, 6) is -0.310. The SMILES string of the molecule is CCOC(=O)C(C)Sc1nc(C)cc(-c2ccncc2)c1C#N. The molecule has 0 spiro atoms. The van der Waals surface area contributed by atoms with Crippen LogP contribution in [0.2, 0.25) is 0 Å². The zero-order valence-electron chi connectivity index (χ0n) is 13.2. The normalized spacial score (nSPS) is 11.6. The van der Waals surface area contributed by atoms with Crippen LogP contribution in [0.25, 0.3) is 11.1 Å². The quantitative estimate of drug-likeness (QED) is 0.619. The highest BCUT2D eigenvalue weighted by atomic mass is 32.2. The van der Waals surface area contributed by atoms with Gasteiger partial charge in [0, 0.05) is 23.7 Å². The minimum absolute atomic E-state index is 0.310. The minimum atomic E-state index is -0.429. The maximum absolute atomic E-state index is 11.8. The van der Waals surface area contributed by atoms with Gasteiger partial charge in [0.1, 0.15) is 16.3 Å². The molecule has 0 radical (unpaired) electrons. The van der Waals surface area contributed by atoms with Gasteiger partial charge in [-0.3, -0.25) is 9.78 Å². The second kappa shape index (κ2) is 7.75. The first-order valence-electron chi connectivity index (χ1n) is 7.22. The van der Waals surface area contributed by atoms with Gasteiger partial charge in [0.25, 0.3) is 0 Å². The third kappa shape index (κ3) is 4.08. The van der Waals surface area contributed by atoms with Crippen LogP contribution in [0, 0.1) is 18.3 Å². The molecule has 6 heteroatoms. The number of pyridine rings is 2. The van der Waals surface area contributed by atoms with E-state index in [0.29, 0.717) is 17.2 Å². The van der Waals surface area contributed by atoms with Crippen LogP contribution < -0.4 is 0 Å². The molecule has 23 heavy (non-hydrogen) atoms. The molecule has 0 aliphatic heterocycles. The van der Waals surface area contributed by atoms with Crippen molar-refractivity contribution in [2.24, 2.45) is 0 Å². The first-order chi connectivity index (χ1) is 11.1. The Morgan fingerprint density at radius 2 is 2.13 bits per heavy atom. The molecule has 2 aromatic rings. The molecule has 0 saturated carbocycles. The Labute approximate surface area is 139 Å². The third-order valence-electron chi connectivity index (χ3n) is 3.12. The number of nitriles is 1. The molecular formula is C17H17N3O2S. The lowest BCUT2D eigenvalue weighted by molar-refractivity contribution is -0.142. The largest absolute Gasteiger partial charge is 0.465 e. The summed E-state index contributed by atoms with van der Waals surface area (Å²) in [6, 6.07) is 7.77. The van der Waals surface area contributed by atoms with Crippen LogP contribution in [-0.2, 0) is 9.53 Å². The molecule has 118 valence electrons. The van der Waals surface area contributed by atoms with Crippen LogP contribution in [0.3, 0.4) is 0 Å². The predicted molar refractivity (Wildman–Crippen MR) is 88.9 cm³/mol. The molecule has 0 bridgehead atoms. The zero-order chi connectivity index (χ0) is 16.8. The summed E-state index contributed by atoms with van der Waals surface area (Å²) >= 11 is 1.24. The van der Waals surface area contributed by atoms with Crippen LogP contribution in [0.4, 0.5) is 0 Å². The van der Waals surface area contributed by atoms with E-state index in [0.717, 1.165) is 16.8 Å². The van der Waals surface area contributed by atoms with Crippen LogP contribution in [0.1, 0.15) is 25.1 Å². The first-order valence-corrected chi connectivity index (χ1v) is 8.10. The number of aryl methyl sites for hydroxylation is 1. The summed E-state index contributed by atoms with van der Waals surface area (Å²) in [6.45, 7) is 5.71. The van der Waals surface area contributed by atoms with Crippen molar-refractivity contribution in [3.05, 3.63) is 41.9 Å². The van der Waals surface area contributed by atoms with E-state index in [4.69, 9.17) is 4.74 Å².